The van der Waals surface area contributed by atoms with Crippen LogP contribution in [0.1, 0.15) is 23.2 Å². The zero-order valence-corrected chi connectivity index (χ0v) is 10.5. The number of imidazole rings is 1. The highest BCUT2D eigenvalue weighted by Gasteiger charge is 2.40. The van der Waals surface area contributed by atoms with Crippen LogP contribution in [0.3, 0.4) is 0 Å². The first-order valence-corrected chi connectivity index (χ1v) is 6.75. The first kappa shape index (κ1) is 11.0. The highest BCUT2D eigenvalue weighted by Crippen LogP contribution is 2.31. The van der Waals surface area contributed by atoms with Gasteiger partial charge in [0.25, 0.3) is 5.91 Å². The van der Waals surface area contributed by atoms with Crippen molar-refractivity contribution in [1.29, 1.82) is 0 Å². The van der Waals surface area contributed by atoms with Gasteiger partial charge in [0.2, 0.25) is 0 Å². The third kappa shape index (κ3) is 1.81. The van der Waals surface area contributed by atoms with Gasteiger partial charge < -0.3 is 15.0 Å². The number of hydrogen-bond acceptors (Lipinski definition) is 3. The van der Waals surface area contributed by atoms with Crippen LogP contribution in [0.25, 0.3) is 5.52 Å². The number of piperidine rings is 1. The average Bonchev–Trinajstić information content (AvgIpc) is 3.13. The lowest BCUT2D eigenvalue weighted by Gasteiger charge is -2.23. The minimum Gasteiger partial charge on any atom is -0.349 e. The Kier molecular flexibility index (Phi) is 2.35. The van der Waals surface area contributed by atoms with E-state index in [1.807, 2.05) is 22.7 Å². The Hall–Kier alpha value is -1.88. The van der Waals surface area contributed by atoms with E-state index in [9.17, 15) is 4.79 Å². The minimum absolute atomic E-state index is 0.0214. The zero-order valence-electron chi connectivity index (χ0n) is 10.5. The molecular formula is C14H16N4O. The second kappa shape index (κ2) is 4.06. The fourth-order valence-electron chi connectivity index (χ4n) is 3.32. The largest absolute Gasteiger partial charge is 0.349 e. The Morgan fingerprint density at radius 2 is 2.37 bits per heavy atom. The number of carbonyl (C=O) groups excluding carboxylic acids is 1. The van der Waals surface area contributed by atoms with Crippen LogP contribution in [0.15, 0.2) is 30.9 Å². The molecule has 2 N–H and O–H groups in total. The molecule has 0 aromatic carbocycles. The van der Waals surface area contributed by atoms with Crippen molar-refractivity contribution in [2.45, 2.75) is 24.9 Å². The van der Waals surface area contributed by atoms with Gasteiger partial charge in [0, 0.05) is 24.8 Å². The lowest BCUT2D eigenvalue weighted by Crippen LogP contribution is -2.44. The number of nitrogens with one attached hydrogen (secondary N) is 2. The number of nitrogens with zero attached hydrogens (tertiary/aromatic N) is 2. The Balaban J connectivity index is 1.53. The molecule has 3 heterocycles. The molecule has 1 aliphatic carbocycles. The SMILES string of the molecule is O=C(N[C@@H]1C[C@H]2C[C@@H]1CN2)c1ccc2cncn2c1. The number of amides is 1. The maximum absolute atomic E-state index is 12.3. The standard InChI is InChI=1S/C14H16N4O/c19-14(17-13-4-11-3-10(13)5-16-11)9-1-2-12-6-15-8-18(12)7-9/h1-2,6-8,10-11,13,16H,3-5H2,(H,17,19)/t10-,11-,13-/m1/s1. The molecule has 4 rings (SSSR count). The minimum atomic E-state index is 0.0214. The summed E-state index contributed by atoms with van der Waals surface area (Å²) < 4.78 is 1.87. The second-order valence-corrected chi connectivity index (χ2v) is 5.56. The Morgan fingerprint density at radius 3 is 3.16 bits per heavy atom. The van der Waals surface area contributed by atoms with Crippen LogP contribution in [0.4, 0.5) is 0 Å². The molecule has 0 radical (unpaired) electrons. The predicted molar refractivity (Wildman–Crippen MR) is 71.0 cm³/mol. The number of aromatic nitrogens is 2. The second-order valence-electron chi connectivity index (χ2n) is 5.56. The van der Waals surface area contributed by atoms with Crippen molar-refractivity contribution < 1.29 is 4.79 Å². The van der Waals surface area contributed by atoms with E-state index in [0.717, 1.165) is 18.5 Å². The first-order valence-electron chi connectivity index (χ1n) is 6.75. The maximum Gasteiger partial charge on any atom is 0.253 e. The van der Waals surface area contributed by atoms with Crippen molar-refractivity contribution in [3.63, 3.8) is 0 Å². The molecule has 2 aromatic heterocycles. The van der Waals surface area contributed by atoms with Gasteiger partial charge in [0.1, 0.15) is 0 Å². The van der Waals surface area contributed by atoms with E-state index in [0.29, 0.717) is 23.6 Å². The molecule has 2 fully saturated rings. The van der Waals surface area contributed by atoms with E-state index >= 15 is 0 Å². The molecule has 2 aliphatic rings. The molecule has 1 saturated heterocycles. The molecule has 0 spiro atoms. The number of fused-ring (bicyclic) bond motifs is 3. The normalized spacial score (nSPS) is 28.9. The van der Waals surface area contributed by atoms with Gasteiger partial charge in [-0.1, -0.05) is 0 Å². The smallest absolute Gasteiger partial charge is 0.253 e. The van der Waals surface area contributed by atoms with Gasteiger partial charge in [-0.2, -0.15) is 0 Å². The van der Waals surface area contributed by atoms with Gasteiger partial charge in [-0.3, -0.25) is 4.79 Å². The van der Waals surface area contributed by atoms with E-state index in [2.05, 4.69) is 15.6 Å². The van der Waals surface area contributed by atoms with E-state index in [1.165, 1.54) is 6.42 Å². The van der Waals surface area contributed by atoms with Crippen LogP contribution >= 0.6 is 0 Å². The van der Waals surface area contributed by atoms with Gasteiger partial charge in [-0.15, -0.1) is 0 Å². The number of carbonyl (C=O) groups is 1. The predicted octanol–water partition coefficient (Wildman–Crippen LogP) is 0.814. The number of pyridine rings is 1. The third-order valence-electron chi connectivity index (χ3n) is 4.35. The summed E-state index contributed by atoms with van der Waals surface area (Å²) in [4.78, 5) is 16.3. The molecule has 2 bridgehead atoms. The molecule has 98 valence electrons. The van der Waals surface area contributed by atoms with E-state index in [-0.39, 0.29) is 5.91 Å². The van der Waals surface area contributed by atoms with Crippen LogP contribution in [-0.4, -0.2) is 33.9 Å². The molecular weight excluding hydrogens is 240 g/mol. The summed E-state index contributed by atoms with van der Waals surface area (Å²) in [5.41, 5.74) is 1.70. The Labute approximate surface area is 111 Å². The van der Waals surface area contributed by atoms with E-state index < -0.39 is 0 Å². The quantitative estimate of drug-likeness (QED) is 0.836. The van der Waals surface area contributed by atoms with Crippen LogP contribution < -0.4 is 10.6 Å². The van der Waals surface area contributed by atoms with Gasteiger partial charge in [-0.05, 0) is 30.9 Å². The molecule has 1 amide bonds. The van der Waals surface area contributed by atoms with E-state index in [1.54, 1.807) is 12.5 Å². The summed E-state index contributed by atoms with van der Waals surface area (Å²) in [5.74, 6) is 0.624. The highest BCUT2D eigenvalue weighted by atomic mass is 16.1. The molecule has 1 saturated carbocycles. The average molecular weight is 256 g/mol. The van der Waals surface area contributed by atoms with Crippen molar-refractivity contribution in [2.24, 2.45) is 5.92 Å². The van der Waals surface area contributed by atoms with Crippen molar-refractivity contribution >= 4 is 11.4 Å². The van der Waals surface area contributed by atoms with Crippen LogP contribution in [-0.2, 0) is 0 Å². The van der Waals surface area contributed by atoms with Gasteiger partial charge >= 0.3 is 0 Å². The van der Waals surface area contributed by atoms with Crippen LogP contribution in [0.2, 0.25) is 0 Å². The Morgan fingerprint density at radius 1 is 1.42 bits per heavy atom. The van der Waals surface area contributed by atoms with Crippen molar-refractivity contribution in [3.8, 4) is 0 Å². The number of rotatable bonds is 2. The molecule has 5 nitrogen and oxygen atoms in total. The van der Waals surface area contributed by atoms with Crippen molar-refractivity contribution in [1.82, 2.24) is 20.0 Å². The topological polar surface area (TPSA) is 58.4 Å². The highest BCUT2D eigenvalue weighted by molar-refractivity contribution is 5.94. The molecule has 2 aromatic rings. The first-order chi connectivity index (χ1) is 9.29. The summed E-state index contributed by atoms with van der Waals surface area (Å²) in [7, 11) is 0. The fourth-order valence-corrected chi connectivity index (χ4v) is 3.32. The zero-order chi connectivity index (χ0) is 12.8. The Bertz CT molecular complexity index is 635. The lowest BCUT2D eigenvalue weighted by molar-refractivity contribution is 0.0924. The molecule has 1 aliphatic heterocycles. The van der Waals surface area contributed by atoms with Crippen molar-refractivity contribution in [2.75, 3.05) is 6.54 Å². The fraction of sp³-hybridized carbons (Fsp3) is 0.429. The van der Waals surface area contributed by atoms with Gasteiger partial charge in [0.15, 0.2) is 0 Å². The maximum atomic E-state index is 12.3. The molecule has 19 heavy (non-hydrogen) atoms. The number of hydrogen-bond donors (Lipinski definition) is 2. The monoisotopic (exact) mass is 256 g/mol. The van der Waals surface area contributed by atoms with Crippen molar-refractivity contribution in [3.05, 3.63) is 36.4 Å². The summed E-state index contributed by atoms with van der Waals surface area (Å²) in [5, 5.41) is 6.63. The summed E-state index contributed by atoms with van der Waals surface area (Å²) in [6, 6.07) is 4.71. The molecule has 5 heteroatoms. The molecule has 0 unspecified atom stereocenters. The van der Waals surface area contributed by atoms with Gasteiger partial charge in [-0.25, -0.2) is 4.98 Å². The summed E-state index contributed by atoms with van der Waals surface area (Å²) in [6.45, 7) is 1.04. The lowest BCUT2D eigenvalue weighted by atomic mass is 10.0. The third-order valence-corrected chi connectivity index (χ3v) is 4.35. The summed E-state index contributed by atoms with van der Waals surface area (Å²) >= 11 is 0. The molecule has 3 atom stereocenters. The van der Waals surface area contributed by atoms with Crippen LogP contribution in [0, 0.1) is 5.92 Å². The summed E-state index contributed by atoms with van der Waals surface area (Å²) in [6.07, 6.45) is 7.59. The van der Waals surface area contributed by atoms with Gasteiger partial charge in [0.05, 0.1) is 23.6 Å². The van der Waals surface area contributed by atoms with E-state index in [4.69, 9.17) is 0 Å². The van der Waals surface area contributed by atoms with Crippen LogP contribution in [0.5, 0.6) is 0 Å².